The van der Waals surface area contributed by atoms with E-state index in [-0.39, 0.29) is 11.7 Å². The van der Waals surface area contributed by atoms with Crippen molar-refractivity contribution in [2.24, 2.45) is 11.8 Å². The molecule has 1 saturated heterocycles. The molecule has 18 heavy (non-hydrogen) atoms. The minimum atomic E-state index is -0.775. The van der Waals surface area contributed by atoms with Crippen LogP contribution in [0.2, 0.25) is 0 Å². The van der Waals surface area contributed by atoms with Crippen LogP contribution in [0.1, 0.15) is 0 Å². The van der Waals surface area contributed by atoms with Crippen LogP contribution < -0.4 is 16.0 Å². The molecule has 2 amide bonds. The van der Waals surface area contributed by atoms with Gasteiger partial charge in [-0.1, -0.05) is 0 Å². The molecule has 1 aliphatic heterocycles. The monoisotopic (exact) mass is 253 g/mol. The van der Waals surface area contributed by atoms with Gasteiger partial charge in [0.2, 0.25) is 0 Å². The molecular formula is C12H13F2N3O. The topological polar surface area (TPSA) is 53.2 Å². The van der Waals surface area contributed by atoms with E-state index in [1.54, 1.807) is 0 Å². The number of fused-ring (bicyclic) bond motifs is 1. The normalized spacial score (nSPS) is 28.7. The number of nitrogens with one attached hydrogen (secondary N) is 3. The van der Waals surface area contributed by atoms with E-state index >= 15 is 0 Å². The number of urea groups is 1. The summed E-state index contributed by atoms with van der Waals surface area (Å²) in [6, 6.07) is 2.79. The second kappa shape index (κ2) is 4.20. The highest BCUT2D eigenvalue weighted by molar-refractivity contribution is 5.89. The van der Waals surface area contributed by atoms with Gasteiger partial charge in [0.1, 0.15) is 11.6 Å². The van der Waals surface area contributed by atoms with Crippen LogP contribution in [0.4, 0.5) is 19.3 Å². The van der Waals surface area contributed by atoms with Gasteiger partial charge in [-0.15, -0.1) is 0 Å². The van der Waals surface area contributed by atoms with Gasteiger partial charge >= 0.3 is 6.03 Å². The van der Waals surface area contributed by atoms with Crippen molar-refractivity contribution >= 4 is 11.7 Å². The van der Waals surface area contributed by atoms with Crippen LogP contribution in [-0.2, 0) is 0 Å². The quantitative estimate of drug-likeness (QED) is 0.744. The molecule has 4 nitrogen and oxygen atoms in total. The molecule has 0 bridgehead atoms. The number of rotatable bonds is 2. The van der Waals surface area contributed by atoms with Crippen LogP contribution in [0, 0.1) is 23.5 Å². The van der Waals surface area contributed by atoms with Crippen LogP contribution in [-0.4, -0.2) is 25.2 Å². The predicted octanol–water partition coefficient (Wildman–Crippen LogP) is 1.30. The Hall–Kier alpha value is -1.69. The Balaban J connectivity index is 1.57. The van der Waals surface area contributed by atoms with E-state index < -0.39 is 17.7 Å². The number of halogens is 2. The van der Waals surface area contributed by atoms with Crippen molar-refractivity contribution in [3.05, 3.63) is 29.8 Å². The molecule has 6 heteroatoms. The van der Waals surface area contributed by atoms with Crippen molar-refractivity contribution in [2.75, 3.05) is 18.4 Å². The maximum absolute atomic E-state index is 13.3. The van der Waals surface area contributed by atoms with Gasteiger partial charge < -0.3 is 16.0 Å². The van der Waals surface area contributed by atoms with Gasteiger partial charge in [0.05, 0.1) is 5.69 Å². The van der Waals surface area contributed by atoms with Gasteiger partial charge in [-0.2, -0.15) is 0 Å². The summed E-state index contributed by atoms with van der Waals surface area (Å²) >= 11 is 0. The molecule has 0 aromatic heterocycles. The first-order chi connectivity index (χ1) is 8.65. The molecule has 1 aromatic carbocycles. The standard InChI is InChI=1S/C12H13F2N3O/c13-6-1-2-10(9(14)3-6)16-12(18)17-11-7-4-15-5-8(7)11/h1-3,7-8,11,15H,4-5H2,(H2,16,17,18). The summed E-state index contributed by atoms with van der Waals surface area (Å²) in [5.41, 5.74) is -0.0159. The third-order valence-corrected chi connectivity index (χ3v) is 3.57. The van der Waals surface area contributed by atoms with Crippen LogP contribution >= 0.6 is 0 Å². The zero-order valence-corrected chi connectivity index (χ0v) is 9.54. The SMILES string of the molecule is O=C(Nc1ccc(F)cc1F)NC1C2CNCC21. The minimum Gasteiger partial charge on any atom is -0.334 e. The average Bonchev–Trinajstić information content (AvgIpc) is 2.75. The van der Waals surface area contributed by atoms with Crippen molar-refractivity contribution in [3.63, 3.8) is 0 Å². The number of hydrogen-bond donors (Lipinski definition) is 3. The predicted molar refractivity (Wildman–Crippen MR) is 62.2 cm³/mol. The Morgan fingerprint density at radius 2 is 2.00 bits per heavy atom. The summed E-state index contributed by atoms with van der Waals surface area (Å²) < 4.78 is 26.0. The Morgan fingerprint density at radius 3 is 2.67 bits per heavy atom. The molecule has 1 heterocycles. The average molecular weight is 253 g/mol. The third-order valence-electron chi connectivity index (χ3n) is 3.57. The van der Waals surface area contributed by atoms with Crippen LogP contribution in [0.25, 0.3) is 0 Å². The fraction of sp³-hybridized carbons (Fsp3) is 0.417. The lowest BCUT2D eigenvalue weighted by Gasteiger charge is -2.10. The summed E-state index contributed by atoms with van der Waals surface area (Å²) in [4.78, 5) is 11.6. The fourth-order valence-corrected chi connectivity index (χ4v) is 2.53. The lowest BCUT2D eigenvalue weighted by Crippen LogP contribution is -2.35. The second-order valence-corrected chi connectivity index (χ2v) is 4.73. The molecule has 3 N–H and O–H groups in total. The van der Waals surface area contributed by atoms with E-state index in [1.165, 1.54) is 6.07 Å². The molecule has 3 rings (SSSR count). The van der Waals surface area contributed by atoms with Crippen LogP contribution in [0.15, 0.2) is 18.2 Å². The Bertz CT molecular complexity index is 484. The molecule has 1 aliphatic carbocycles. The van der Waals surface area contributed by atoms with Crippen molar-refractivity contribution < 1.29 is 13.6 Å². The van der Waals surface area contributed by atoms with E-state index in [9.17, 15) is 13.6 Å². The number of amides is 2. The highest BCUT2D eigenvalue weighted by atomic mass is 19.1. The second-order valence-electron chi connectivity index (χ2n) is 4.73. The van der Waals surface area contributed by atoms with Gasteiger partial charge in [-0.3, -0.25) is 0 Å². The lowest BCUT2D eigenvalue weighted by atomic mass is 10.3. The lowest BCUT2D eigenvalue weighted by molar-refractivity contribution is 0.250. The van der Waals surface area contributed by atoms with E-state index in [0.717, 1.165) is 25.2 Å². The zero-order chi connectivity index (χ0) is 12.7. The number of anilines is 1. The van der Waals surface area contributed by atoms with Crippen LogP contribution in [0.5, 0.6) is 0 Å². The van der Waals surface area contributed by atoms with E-state index in [4.69, 9.17) is 0 Å². The van der Waals surface area contributed by atoms with E-state index in [1.807, 2.05) is 0 Å². The first-order valence-corrected chi connectivity index (χ1v) is 5.88. The number of carbonyl (C=O) groups excluding carboxylic acids is 1. The Kier molecular flexibility index (Phi) is 2.66. The molecule has 1 saturated carbocycles. The number of carbonyl (C=O) groups is 1. The molecule has 2 atom stereocenters. The summed E-state index contributed by atoms with van der Waals surface area (Å²) in [6.45, 7) is 1.83. The van der Waals surface area contributed by atoms with Crippen molar-refractivity contribution in [2.45, 2.75) is 6.04 Å². The summed E-state index contributed by atoms with van der Waals surface area (Å²) in [6.07, 6.45) is 0. The van der Waals surface area contributed by atoms with Crippen molar-refractivity contribution in [1.29, 1.82) is 0 Å². The molecular weight excluding hydrogens is 240 g/mol. The minimum absolute atomic E-state index is 0.0159. The number of benzene rings is 1. The molecule has 1 aromatic rings. The van der Waals surface area contributed by atoms with Gasteiger partial charge in [-0.25, -0.2) is 13.6 Å². The molecule has 2 fully saturated rings. The van der Waals surface area contributed by atoms with Crippen molar-refractivity contribution in [1.82, 2.24) is 10.6 Å². The van der Waals surface area contributed by atoms with Gasteiger partial charge in [0.25, 0.3) is 0 Å². The maximum Gasteiger partial charge on any atom is 0.319 e. The first kappa shape index (κ1) is 11.4. The zero-order valence-electron chi connectivity index (χ0n) is 9.54. The Labute approximate surface area is 103 Å². The highest BCUT2D eigenvalue weighted by Gasteiger charge is 2.53. The molecule has 0 radical (unpaired) electrons. The first-order valence-electron chi connectivity index (χ1n) is 5.88. The van der Waals surface area contributed by atoms with Gasteiger partial charge in [-0.05, 0) is 24.0 Å². The van der Waals surface area contributed by atoms with Gasteiger partial charge in [0.15, 0.2) is 0 Å². The van der Waals surface area contributed by atoms with E-state index in [2.05, 4.69) is 16.0 Å². The maximum atomic E-state index is 13.3. The number of piperidine rings is 1. The van der Waals surface area contributed by atoms with E-state index in [0.29, 0.717) is 11.8 Å². The third kappa shape index (κ3) is 2.03. The molecule has 2 unspecified atom stereocenters. The number of hydrogen-bond acceptors (Lipinski definition) is 2. The fourth-order valence-electron chi connectivity index (χ4n) is 2.53. The van der Waals surface area contributed by atoms with Crippen molar-refractivity contribution in [3.8, 4) is 0 Å². The smallest absolute Gasteiger partial charge is 0.319 e. The summed E-state index contributed by atoms with van der Waals surface area (Å²) in [5, 5.41) is 8.40. The van der Waals surface area contributed by atoms with Crippen LogP contribution in [0.3, 0.4) is 0 Å². The summed E-state index contributed by atoms with van der Waals surface area (Å²) in [7, 11) is 0. The van der Waals surface area contributed by atoms with Gasteiger partial charge in [0, 0.05) is 25.2 Å². The molecule has 2 aliphatic rings. The summed E-state index contributed by atoms with van der Waals surface area (Å²) in [5.74, 6) is -0.452. The highest BCUT2D eigenvalue weighted by Crippen LogP contribution is 2.41. The Morgan fingerprint density at radius 1 is 1.28 bits per heavy atom. The molecule has 96 valence electrons. The largest absolute Gasteiger partial charge is 0.334 e. The molecule has 0 spiro atoms.